The summed E-state index contributed by atoms with van der Waals surface area (Å²) in [5.74, 6) is 3.59. The Kier molecular flexibility index (Phi) is 6.26. The minimum absolute atomic E-state index is 0.00380. The fraction of sp³-hybridized carbons (Fsp3) is 0.714. The van der Waals surface area contributed by atoms with Crippen molar-refractivity contribution in [2.45, 2.75) is 116 Å². The number of aliphatic hydroxyl groups is 1. The van der Waals surface area contributed by atoms with Crippen molar-refractivity contribution in [2.75, 3.05) is 6.54 Å². The molecule has 1 N–H and O–H groups in total. The molecular weight excluding hydrogens is 466 g/mol. The number of aliphatic hydroxyl groups excluding tert-OH is 1. The Morgan fingerprint density at radius 1 is 1.08 bits per heavy atom. The lowest BCUT2D eigenvalue weighted by molar-refractivity contribution is -0.0799. The Morgan fingerprint density at radius 3 is 2.71 bits per heavy atom. The van der Waals surface area contributed by atoms with Gasteiger partial charge in [0.1, 0.15) is 0 Å². The van der Waals surface area contributed by atoms with Gasteiger partial charge in [0.15, 0.2) is 0 Å². The molecule has 2 saturated carbocycles. The lowest BCUT2D eigenvalue weighted by atomic mass is 9.56. The topological polar surface area (TPSA) is 32.7 Å². The first-order valence-corrected chi connectivity index (χ1v) is 15.8. The van der Waals surface area contributed by atoms with Gasteiger partial charge in [-0.3, -0.25) is 4.90 Å². The molecule has 6 aliphatic rings. The molecule has 2 aliphatic heterocycles. The number of benzene rings is 1. The first-order chi connectivity index (χ1) is 18.3. The third-order valence-corrected chi connectivity index (χ3v) is 12.5. The molecule has 4 fully saturated rings. The molecule has 4 aliphatic carbocycles. The largest absolute Gasteiger partial charge is 0.389 e. The van der Waals surface area contributed by atoms with Crippen LogP contribution in [0.5, 0.6) is 0 Å². The number of likely N-dealkylation sites (tertiary alicyclic amines) is 1. The zero-order valence-corrected chi connectivity index (χ0v) is 24.2. The molecule has 2 saturated heterocycles. The van der Waals surface area contributed by atoms with Gasteiger partial charge in [-0.05, 0) is 99.4 Å². The molecule has 1 spiro atoms. The van der Waals surface area contributed by atoms with Crippen molar-refractivity contribution >= 4 is 0 Å². The van der Waals surface area contributed by atoms with Crippen molar-refractivity contribution in [3.63, 3.8) is 0 Å². The third kappa shape index (κ3) is 3.93. The van der Waals surface area contributed by atoms with Crippen LogP contribution in [-0.4, -0.2) is 40.4 Å². The number of rotatable bonds is 2. The fourth-order valence-corrected chi connectivity index (χ4v) is 10.7. The molecule has 0 amide bonds. The van der Waals surface area contributed by atoms with Crippen LogP contribution in [0.2, 0.25) is 0 Å². The van der Waals surface area contributed by atoms with E-state index in [1.165, 1.54) is 57.1 Å². The van der Waals surface area contributed by atoms with E-state index in [1.807, 2.05) is 5.57 Å². The van der Waals surface area contributed by atoms with Crippen LogP contribution in [0.1, 0.15) is 91.0 Å². The van der Waals surface area contributed by atoms with E-state index < -0.39 is 0 Å². The second-order valence-corrected chi connectivity index (χ2v) is 14.6. The minimum Gasteiger partial charge on any atom is -0.389 e. The Morgan fingerprint density at radius 2 is 1.89 bits per heavy atom. The highest BCUT2D eigenvalue weighted by atomic mass is 16.5. The van der Waals surface area contributed by atoms with Crippen molar-refractivity contribution in [1.82, 2.24) is 4.90 Å². The molecule has 0 aromatic heterocycles. The van der Waals surface area contributed by atoms with Crippen LogP contribution < -0.4 is 0 Å². The first kappa shape index (κ1) is 25.5. The molecule has 1 aromatic carbocycles. The predicted molar refractivity (Wildman–Crippen MR) is 153 cm³/mol. The normalized spacial score (nSPS) is 46.7. The van der Waals surface area contributed by atoms with Crippen LogP contribution in [0.25, 0.3) is 0 Å². The summed E-state index contributed by atoms with van der Waals surface area (Å²) < 4.78 is 7.30. The number of ether oxygens (including phenoxy) is 1. The van der Waals surface area contributed by atoms with Gasteiger partial charge in [-0.25, -0.2) is 0 Å². The monoisotopic (exact) mass is 515 g/mol. The maximum atomic E-state index is 10.3. The van der Waals surface area contributed by atoms with Crippen molar-refractivity contribution in [3.8, 4) is 0 Å². The molecule has 7 rings (SSSR count). The van der Waals surface area contributed by atoms with Gasteiger partial charge in [0.2, 0.25) is 0 Å². The average Bonchev–Trinajstić information content (AvgIpc) is 3.35. The Bertz CT molecular complexity index is 1120. The van der Waals surface area contributed by atoms with E-state index in [1.54, 1.807) is 11.1 Å². The van der Waals surface area contributed by atoms with Crippen LogP contribution >= 0.6 is 0 Å². The van der Waals surface area contributed by atoms with Crippen molar-refractivity contribution in [2.24, 2.45) is 35.0 Å². The molecule has 3 nitrogen and oxygen atoms in total. The van der Waals surface area contributed by atoms with Crippen LogP contribution in [0.4, 0.5) is 0 Å². The lowest BCUT2D eigenvalue weighted by Gasteiger charge is -2.49. The van der Waals surface area contributed by atoms with E-state index in [0.717, 1.165) is 37.1 Å². The second kappa shape index (κ2) is 9.32. The number of fused-ring (bicyclic) bond motifs is 6. The molecule has 38 heavy (non-hydrogen) atoms. The summed E-state index contributed by atoms with van der Waals surface area (Å²) in [7, 11) is 0. The van der Waals surface area contributed by atoms with E-state index in [0.29, 0.717) is 29.4 Å². The second-order valence-electron chi connectivity index (χ2n) is 14.6. The van der Waals surface area contributed by atoms with Gasteiger partial charge in [-0.1, -0.05) is 73.9 Å². The van der Waals surface area contributed by atoms with Crippen LogP contribution in [0, 0.1) is 35.0 Å². The molecule has 0 bridgehead atoms. The van der Waals surface area contributed by atoms with Crippen LogP contribution in [0.3, 0.4) is 0 Å². The van der Waals surface area contributed by atoms with E-state index in [4.69, 9.17) is 4.74 Å². The van der Waals surface area contributed by atoms with E-state index >= 15 is 0 Å². The van der Waals surface area contributed by atoms with Crippen molar-refractivity contribution < 1.29 is 9.84 Å². The lowest BCUT2D eigenvalue weighted by Crippen LogP contribution is -2.51. The van der Waals surface area contributed by atoms with E-state index in [9.17, 15) is 5.11 Å². The zero-order chi connectivity index (χ0) is 26.2. The zero-order valence-electron chi connectivity index (χ0n) is 24.2. The first-order valence-electron chi connectivity index (χ1n) is 15.8. The summed E-state index contributed by atoms with van der Waals surface area (Å²) in [6, 6.07) is 11.6. The van der Waals surface area contributed by atoms with Crippen LogP contribution in [0.15, 0.2) is 53.1 Å². The maximum absolute atomic E-state index is 10.3. The molecule has 3 heteroatoms. The van der Waals surface area contributed by atoms with Gasteiger partial charge in [-0.15, -0.1) is 0 Å². The fourth-order valence-electron chi connectivity index (χ4n) is 10.7. The summed E-state index contributed by atoms with van der Waals surface area (Å²) >= 11 is 0. The summed E-state index contributed by atoms with van der Waals surface area (Å²) in [5, 5.41) is 10.3. The molecule has 2 heterocycles. The van der Waals surface area contributed by atoms with Crippen molar-refractivity contribution in [1.29, 1.82) is 0 Å². The molecular formula is C35H49NO2. The minimum atomic E-state index is -0.212. The van der Waals surface area contributed by atoms with E-state index in [2.05, 4.69) is 69.0 Å². The highest BCUT2D eigenvalue weighted by Gasteiger charge is 2.59. The summed E-state index contributed by atoms with van der Waals surface area (Å²) in [4.78, 5) is 2.78. The number of hydrogen-bond acceptors (Lipinski definition) is 3. The third-order valence-electron chi connectivity index (χ3n) is 12.5. The van der Waals surface area contributed by atoms with Gasteiger partial charge >= 0.3 is 0 Å². The van der Waals surface area contributed by atoms with Gasteiger partial charge < -0.3 is 9.84 Å². The molecule has 206 valence electrons. The average molecular weight is 516 g/mol. The Balaban J connectivity index is 1.16. The number of nitrogens with zero attached hydrogens (tertiary/aromatic N) is 1. The highest BCUT2D eigenvalue weighted by Crippen LogP contribution is 2.64. The number of piperidine rings is 1. The number of allylic oxidation sites excluding steroid dienone is 2. The van der Waals surface area contributed by atoms with Crippen LogP contribution in [-0.2, 0) is 11.3 Å². The molecule has 10 atom stereocenters. The predicted octanol–water partition coefficient (Wildman–Crippen LogP) is 7.30. The molecule has 0 radical (unpaired) electrons. The quantitative estimate of drug-likeness (QED) is 0.419. The SMILES string of the molecule is CC1=C2C[C@H]3[C@@H](CCC4=C[C@@H](O)CC[C@@]43C)C2CC[C@@]2(C1)O[C@@H]1C[C@H](C)CN(Cc3ccccc3)C1[C@H]2C. The summed E-state index contributed by atoms with van der Waals surface area (Å²) in [6.07, 6.45) is 13.2. The standard InChI is InChI=1S/C35H49NO2/c1-22-16-32-33(36(20-22)21-25-8-6-5-7-9-25)24(3)35(38-32)15-13-28-29-11-10-26-17-27(37)12-14-34(26,4)31(29)18-30(28)23(2)19-35/h5-9,17,22,24,27-29,31-33,37H,10-16,18-21H2,1-4H3/t22-,24+,27-,28?,29-,31-,32+,33?,34-,35-/m0/s1. The Hall–Kier alpha value is -1.42. The Labute approximate surface area is 230 Å². The number of hydrogen-bond donors (Lipinski definition) is 1. The van der Waals surface area contributed by atoms with Gasteiger partial charge in [0.05, 0.1) is 17.8 Å². The maximum Gasteiger partial charge on any atom is 0.0765 e. The smallest absolute Gasteiger partial charge is 0.0765 e. The molecule has 2 unspecified atom stereocenters. The van der Waals surface area contributed by atoms with Gasteiger partial charge in [0, 0.05) is 25.0 Å². The van der Waals surface area contributed by atoms with E-state index in [-0.39, 0.29) is 11.7 Å². The van der Waals surface area contributed by atoms with Gasteiger partial charge in [-0.2, -0.15) is 0 Å². The summed E-state index contributed by atoms with van der Waals surface area (Å²) in [5.41, 5.74) is 6.80. The summed E-state index contributed by atoms with van der Waals surface area (Å²) in [6.45, 7) is 12.2. The molecule has 1 aromatic rings. The highest BCUT2D eigenvalue weighted by molar-refractivity contribution is 5.33. The van der Waals surface area contributed by atoms with Crippen molar-refractivity contribution in [3.05, 3.63) is 58.7 Å². The van der Waals surface area contributed by atoms with Gasteiger partial charge in [0.25, 0.3) is 0 Å².